The second-order valence-corrected chi connectivity index (χ2v) is 11.5. The van der Waals surface area contributed by atoms with Crippen LogP contribution in [-0.4, -0.2) is 82.2 Å². The highest BCUT2D eigenvalue weighted by Crippen LogP contribution is 2.28. The molecule has 0 saturated heterocycles. The lowest BCUT2D eigenvalue weighted by atomic mass is 10.2. The Labute approximate surface area is 317 Å². The number of nitrogens with zero attached hydrogens (tertiary/aromatic N) is 9. The van der Waals surface area contributed by atoms with Gasteiger partial charge in [0.25, 0.3) is 17.1 Å². The van der Waals surface area contributed by atoms with Crippen LogP contribution in [-0.2, 0) is 22.6 Å². The number of anilines is 1. The lowest BCUT2D eigenvalue weighted by Crippen LogP contribution is -2.05. The summed E-state index contributed by atoms with van der Waals surface area (Å²) in [5.41, 5.74) is 7.66. The molecule has 0 saturated carbocycles. The van der Waals surface area contributed by atoms with Gasteiger partial charge in [-0.1, -0.05) is 24.3 Å². The van der Waals surface area contributed by atoms with Gasteiger partial charge in [-0.2, -0.15) is 23.4 Å². The average molecular weight is 793 g/mol. The maximum atomic E-state index is 13.6. The number of aromatic nitrogens is 8. The molecule has 8 aromatic rings. The van der Waals surface area contributed by atoms with Crippen LogP contribution in [0.3, 0.4) is 0 Å². The highest BCUT2D eigenvalue weighted by atomic mass is 19.1. The summed E-state index contributed by atoms with van der Waals surface area (Å²) in [7, 11) is 3.11. The molecule has 4 aromatic heterocycles. The van der Waals surface area contributed by atoms with Crippen LogP contribution < -0.4 is 5.73 Å². The van der Waals surface area contributed by atoms with Gasteiger partial charge in [0.05, 0.1) is 74.6 Å². The first-order chi connectivity index (χ1) is 27.4. The number of nitrogens with two attached hydrogens (primary N) is 1. The molecule has 296 valence electrons. The van der Waals surface area contributed by atoms with Crippen molar-refractivity contribution in [3.63, 3.8) is 0 Å². The average Bonchev–Trinajstić information content (AvgIpc) is 3.99. The Morgan fingerprint density at radius 3 is 1.79 bits per heavy atom. The number of rotatable bonds is 9. The number of hydrogen-bond donors (Lipinski definition) is 3. The molecule has 0 radical (unpaired) electrons. The maximum Gasteiger partial charge on any atom is 0.283 e. The van der Waals surface area contributed by atoms with E-state index in [4.69, 9.17) is 15.2 Å². The van der Waals surface area contributed by atoms with Crippen LogP contribution in [0.1, 0.15) is 0 Å². The molecule has 8 rings (SSSR count). The molecule has 0 bridgehead atoms. The van der Waals surface area contributed by atoms with Crippen LogP contribution in [0.2, 0.25) is 0 Å². The van der Waals surface area contributed by atoms with Crippen molar-refractivity contribution in [2.75, 3.05) is 33.2 Å². The number of hydrogen-bond acceptors (Lipinski definition) is 13. The Morgan fingerprint density at radius 1 is 0.684 bits per heavy atom. The fourth-order valence-electron chi connectivity index (χ4n) is 5.50. The normalized spacial score (nSPS) is 10.8. The zero-order chi connectivity index (χ0) is 41.2. The zero-order valence-electron chi connectivity index (χ0n) is 29.8. The minimum atomic E-state index is -0.830. The molecule has 20 nitrogen and oxygen atoms in total. The van der Waals surface area contributed by atoms with Gasteiger partial charge in [0.1, 0.15) is 16.3 Å². The smallest absolute Gasteiger partial charge is 0.283 e. The first kappa shape index (κ1) is 40.7. The van der Waals surface area contributed by atoms with Crippen molar-refractivity contribution >= 4 is 66.4 Å². The van der Waals surface area contributed by atoms with Crippen molar-refractivity contribution in [3.8, 4) is 0 Å². The first-order valence-corrected chi connectivity index (χ1v) is 16.4. The van der Waals surface area contributed by atoms with E-state index in [0.29, 0.717) is 59.3 Å². The number of methoxy groups -OCH3 is 2. The number of aromatic amines is 2. The topological polar surface area (TPSA) is 267 Å². The van der Waals surface area contributed by atoms with E-state index in [1.54, 1.807) is 48.2 Å². The Hall–Kier alpha value is -7.53. The van der Waals surface area contributed by atoms with E-state index in [1.165, 1.54) is 54.4 Å². The summed E-state index contributed by atoms with van der Waals surface area (Å²) in [4.78, 5) is 30.0. The van der Waals surface area contributed by atoms with Gasteiger partial charge in [0.15, 0.2) is 0 Å². The molecule has 4 N–H and O–H groups in total. The van der Waals surface area contributed by atoms with E-state index < -0.39 is 32.6 Å². The summed E-state index contributed by atoms with van der Waals surface area (Å²) in [6.07, 6.45) is 1.45. The lowest BCUT2D eigenvalue weighted by Gasteiger charge is -2.01. The highest BCUT2D eigenvalue weighted by molar-refractivity contribution is 5.91. The SMILES string of the molecule is COCCn1nc(F)c2c(N)cccc21.COCCn1nc(F)c2c([N+](=O)[O-])cccc21.O=[N+]([O-])c1cccc2[nH]ncc12.O=[N+]([O-])c1cccc2n[nH]c(F)c12. The van der Waals surface area contributed by atoms with Gasteiger partial charge in [-0.25, -0.2) is 0 Å². The molecule has 0 fully saturated rings. The Balaban J connectivity index is 0.000000146. The summed E-state index contributed by atoms with van der Waals surface area (Å²) in [5.74, 6) is -2.13. The Kier molecular flexibility index (Phi) is 13.0. The van der Waals surface area contributed by atoms with Gasteiger partial charge in [-0.15, -0.1) is 10.2 Å². The molecule has 0 aliphatic heterocycles. The lowest BCUT2D eigenvalue weighted by molar-refractivity contribution is -0.383. The van der Waals surface area contributed by atoms with Gasteiger partial charge in [0.2, 0.25) is 17.8 Å². The van der Waals surface area contributed by atoms with Crippen LogP contribution in [0.25, 0.3) is 43.6 Å². The molecule has 0 spiro atoms. The van der Waals surface area contributed by atoms with Crippen molar-refractivity contribution in [1.29, 1.82) is 0 Å². The standard InChI is InChI=1S/C10H10FN3O3.C10H12FN3O.C7H4FN3O2.C7H5N3O2/c1-17-6-5-13-7-3-2-4-8(14(15)16)9(7)10(11)12-13;1-15-6-5-14-8-4-2-3-7(12)9(8)10(11)13-14;8-7-6-4(9-10-7)2-1-3-5(6)11(12)13;11-10(12)7-3-1-2-6-5(7)4-8-9-6/h2-4H,5-6H2,1H3;2-4H,5-6,12H2,1H3;1-3H,(H,9,10);1-4H,(H,8,9). The number of H-pyrrole nitrogens is 2. The Bertz CT molecular complexity index is 2700. The third-order valence-corrected chi connectivity index (χ3v) is 8.06. The van der Waals surface area contributed by atoms with Crippen LogP contribution >= 0.6 is 0 Å². The van der Waals surface area contributed by atoms with E-state index in [0.717, 1.165) is 0 Å². The Morgan fingerprint density at radius 2 is 1.19 bits per heavy atom. The van der Waals surface area contributed by atoms with Crippen LogP contribution in [0.5, 0.6) is 0 Å². The van der Waals surface area contributed by atoms with Gasteiger partial charge >= 0.3 is 0 Å². The summed E-state index contributed by atoms with van der Waals surface area (Å²) >= 11 is 0. The predicted octanol–water partition coefficient (Wildman–Crippen LogP) is 6.22. The number of nitrogen functional groups attached to an aromatic ring is 1. The van der Waals surface area contributed by atoms with Crippen molar-refractivity contribution in [2.24, 2.45) is 0 Å². The number of ether oxygens (including phenoxy) is 2. The molecule has 0 atom stereocenters. The predicted molar refractivity (Wildman–Crippen MR) is 200 cm³/mol. The molecular weight excluding hydrogens is 761 g/mol. The number of non-ortho nitro benzene ring substituents is 3. The molecule has 4 aromatic carbocycles. The summed E-state index contributed by atoms with van der Waals surface area (Å²) in [5, 5.41) is 51.9. The molecule has 0 aliphatic rings. The van der Waals surface area contributed by atoms with Gasteiger partial charge in [-0.3, -0.25) is 49.9 Å². The number of nitro groups is 3. The van der Waals surface area contributed by atoms with Crippen molar-refractivity contribution in [3.05, 3.63) is 127 Å². The van der Waals surface area contributed by atoms with Crippen molar-refractivity contribution in [1.82, 2.24) is 40.0 Å². The third kappa shape index (κ3) is 9.06. The molecule has 57 heavy (non-hydrogen) atoms. The molecule has 0 aliphatic carbocycles. The number of halogens is 3. The quantitative estimate of drug-likeness (QED) is 0.0834. The zero-order valence-corrected chi connectivity index (χ0v) is 29.8. The summed E-state index contributed by atoms with van der Waals surface area (Å²) < 4.78 is 52.7. The second kappa shape index (κ2) is 18.2. The van der Waals surface area contributed by atoms with E-state index in [9.17, 15) is 43.5 Å². The number of nitrogens with one attached hydrogen (secondary N) is 2. The first-order valence-electron chi connectivity index (χ1n) is 16.4. The van der Waals surface area contributed by atoms with E-state index in [1.807, 2.05) is 0 Å². The molecule has 4 heterocycles. The van der Waals surface area contributed by atoms with E-state index in [2.05, 4.69) is 30.6 Å². The van der Waals surface area contributed by atoms with Crippen molar-refractivity contribution in [2.45, 2.75) is 13.1 Å². The number of benzene rings is 4. The minimum absolute atomic E-state index is 0.0615. The fraction of sp³-hybridized carbons (Fsp3) is 0.176. The van der Waals surface area contributed by atoms with Crippen LogP contribution in [0, 0.1) is 48.2 Å². The van der Waals surface area contributed by atoms with Crippen molar-refractivity contribution < 1.29 is 37.4 Å². The molecule has 0 amide bonds. The van der Waals surface area contributed by atoms with E-state index >= 15 is 0 Å². The van der Waals surface area contributed by atoms with Gasteiger partial charge in [-0.05, 0) is 30.3 Å². The monoisotopic (exact) mass is 792 g/mol. The summed E-state index contributed by atoms with van der Waals surface area (Å²) in [6, 6.07) is 18.6. The highest BCUT2D eigenvalue weighted by Gasteiger charge is 2.21. The van der Waals surface area contributed by atoms with Crippen LogP contribution in [0.4, 0.5) is 35.9 Å². The van der Waals surface area contributed by atoms with Crippen LogP contribution in [0.15, 0.2) is 79.0 Å². The van der Waals surface area contributed by atoms with E-state index in [-0.39, 0.29) is 33.4 Å². The largest absolute Gasteiger partial charge is 0.398 e. The second-order valence-electron chi connectivity index (χ2n) is 11.5. The number of fused-ring (bicyclic) bond motifs is 4. The minimum Gasteiger partial charge on any atom is -0.398 e. The van der Waals surface area contributed by atoms with Gasteiger partial charge in [0, 0.05) is 38.1 Å². The summed E-state index contributed by atoms with van der Waals surface area (Å²) in [6.45, 7) is 1.71. The van der Waals surface area contributed by atoms with Gasteiger partial charge < -0.3 is 15.2 Å². The molecular formula is C34H31F3N12O8. The maximum absolute atomic E-state index is 13.6. The fourth-order valence-corrected chi connectivity index (χ4v) is 5.50. The molecule has 23 heteroatoms. The third-order valence-electron chi connectivity index (χ3n) is 8.06. The molecule has 0 unspecified atom stereocenters. The number of nitro benzene ring substituents is 3.